The van der Waals surface area contributed by atoms with Gasteiger partial charge in [-0.1, -0.05) is 25.3 Å². The number of carboxylic acids is 1. The summed E-state index contributed by atoms with van der Waals surface area (Å²) < 4.78 is 5.05. The SMILES string of the molecule is C=CCCCCCCCOC(=O)NCCCC[C@H](N)C(=O)O. The first-order chi connectivity index (χ1) is 10.6. The lowest BCUT2D eigenvalue weighted by Gasteiger charge is -2.08. The Morgan fingerprint density at radius 3 is 2.50 bits per heavy atom. The van der Waals surface area contributed by atoms with E-state index in [1.54, 1.807) is 0 Å². The van der Waals surface area contributed by atoms with E-state index < -0.39 is 18.1 Å². The Kier molecular flexibility index (Phi) is 13.4. The summed E-state index contributed by atoms with van der Waals surface area (Å²) in [6, 6.07) is -0.821. The molecule has 4 N–H and O–H groups in total. The van der Waals surface area contributed by atoms with Crippen LogP contribution in [0.25, 0.3) is 0 Å². The second-order valence-corrected chi connectivity index (χ2v) is 5.35. The minimum atomic E-state index is -0.989. The number of allylic oxidation sites excluding steroid dienone is 1. The Balaban J connectivity index is 3.29. The van der Waals surface area contributed by atoms with Gasteiger partial charge in [0.05, 0.1) is 6.61 Å². The van der Waals surface area contributed by atoms with E-state index in [2.05, 4.69) is 11.9 Å². The molecular weight excluding hydrogens is 284 g/mol. The lowest BCUT2D eigenvalue weighted by Crippen LogP contribution is -2.30. The van der Waals surface area contributed by atoms with Crippen LogP contribution in [0.2, 0.25) is 0 Å². The van der Waals surface area contributed by atoms with Gasteiger partial charge < -0.3 is 20.9 Å². The van der Waals surface area contributed by atoms with Gasteiger partial charge in [-0.2, -0.15) is 0 Å². The van der Waals surface area contributed by atoms with Crippen LogP contribution in [-0.4, -0.2) is 36.4 Å². The second kappa shape index (κ2) is 14.4. The molecule has 0 rings (SSSR count). The molecule has 0 aromatic rings. The topological polar surface area (TPSA) is 102 Å². The van der Waals surface area contributed by atoms with Crippen LogP contribution < -0.4 is 11.1 Å². The average molecular weight is 314 g/mol. The van der Waals surface area contributed by atoms with Crippen molar-refractivity contribution in [1.29, 1.82) is 0 Å². The van der Waals surface area contributed by atoms with Crippen molar-refractivity contribution in [3.63, 3.8) is 0 Å². The van der Waals surface area contributed by atoms with Crippen molar-refractivity contribution in [2.24, 2.45) is 5.73 Å². The molecule has 0 aliphatic rings. The number of unbranched alkanes of at least 4 members (excludes halogenated alkanes) is 6. The minimum absolute atomic E-state index is 0.408. The molecule has 0 heterocycles. The molecule has 0 fully saturated rings. The maximum Gasteiger partial charge on any atom is 0.407 e. The summed E-state index contributed by atoms with van der Waals surface area (Å²) in [5.41, 5.74) is 5.37. The zero-order valence-corrected chi connectivity index (χ0v) is 13.4. The number of nitrogens with two attached hydrogens (primary N) is 1. The highest BCUT2D eigenvalue weighted by atomic mass is 16.5. The normalized spacial score (nSPS) is 11.7. The first-order valence-electron chi connectivity index (χ1n) is 8.07. The summed E-state index contributed by atoms with van der Waals surface area (Å²) in [4.78, 5) is 21.9. The lowest BCUT2D eigenvalue weighted by molar-refractivity contribution is -0.138. The van der Waals surface area contributed by atoms with Crippen molar-refractivity contribution in [2.75, 3.05) is 13.2 Å². The van der Waals surface area contributed by atoms with E-state index in [4.69, 9.17) is 15.6 Å². The molecule has 1 atom stereocenters. The third-order valence-electron chi connectivity index (χ3n) is 3.31. The Labute approximate surface area is 133 Å². The first kappa shape index (κ1) is 20.4. The van der Waals surface area contributed by atoms with Gasteiger partial charge in [0.15, 0.2) is 0 Å². The summed E-state index contributed by atoms with van der Waals surface area (Å²) in [7, 11) is 0. The Morgan fingerprint density at radius 2 is 1.82 bits per heavy atom. The number of alkyl carbamates (subject to hydrolysis) is 1. The van der Waals surface area contributed by atoms with E-state index in [0.717, 1.165) is 25.7 Å². The number of ether oxygens (including phenoxy) is 1. The van der Waals surface area contributed by atoms with Crippen LogP contribution in [0.4, 0.5) is 4.79 Å². The number of aliphatic carboxylic acids is 1. The van der Waals surface area contributed by atoms with E-state index in [-0.39, 0.29) is 0 Å². The quantitative estimate of drug-likeness (QED) is 0.338. The standard InChI is InChI=1S/C16H30N2O4/c1-2-3-4-5-6-7-10-13-22-16(21)18-12-9-8-11-14(17)15(19)20/h2,14H,1,3-13,17H2,(H,18,21)(H,19,20)/t14-/m0/s1. The number of rotatable bonds is 14. The number of carboxylic acid groups (broad SMARTS) is 1. The molecule has 0 bridgehead atoms. The van der Waals surface area contributed by atoms with Gasteiger partial charge in [0.1, 0.15) is 6.04 Å². The molecule has 0 aliphatic heterocycles. The number of carbonyl (C=O) groups excluding carboxylic acids is 1. The summed E-state index contributed by atoms with van der Waals surface area (Å²) in [6.07, 6.45) is 9.84. The fourth-order valence-electron chi connectivity index (χ4n) is 1.94. The average Bonchev–Trinajstić information content (AvgIpc) is 2.49. The fourth-order valence-corrected chi connectivity index (χ4v) is 1.94. The molecular formula is C16H30N2O4. The summed E-state index contributed by atoms with van der Waals surface area (Å²) in [5, 5.41) is 11.3. The molecule has 0 saturated carbocycles. The van der Waals surface area contributed by atoms with Gasteiger partial charge in [0.25, 0.3) is 0 Å². The summed E-state index contributed by atoms with van der Waals surface area (Å²) >= 11 is 0. The van der Waals surface area contributed by atoms with Gasteiger partial charge in [-0.05, 0) is 38.5 Å². The monoisotopic (exact) mass is 314 g/mol. The van der Waals surface area contributed by atoms with Gasteiger partial charge in [-0.15, -0.1) is 6.58 Å². The van der Waals surface area contributed by atoms with E-state index in [0.29, 0.717) is 32.4 Å². The lowest BCUT2D eigenvalue weighted by atomic mass is 10.1. The molecule has 0 unspecified atom stereocenters. The predicted molar refractivity (Wildman–Crippen MR) is 86.7 cm³/mol. The molecule has 0 aromatic heterocycles. The largest absolute Gasteiger partial charge is 0.480 e. The van der Waals surface area contributed by atoms with E-state index in [9.17, 15) is 9.59 Å². The molecule has 1 amide bonds. The minimum Gasteiger partial charge on any atom is -0.480 e. The third kappa shape index (κ3) is 13.4. The van der Waals surface area contributed by atoms with Crippen LogP contribution in [0.3, 0.4) is 0 Å². The summed E-state index contributed by atoms with van der Waals surface area (Å²) in [5.74, 6) is -0.989. The zero-order valence-electron chi connectivity index (χ0n) is 13.4. The molecule has 6 heteroatoms. The smallest absolute Gasteiger partial charge is 0.407 e. The molecule has 0 aliphatic carbocycles. The van der Waals surface area contributed by atoms with E-state index in [1.165, 1.54) is 12.8 Å². The molecule has 0 saturated heterocycles. The molecule has 6 nitrogen and oxygen atoms in total. The molecule has 22 heavy (non-hydrogen) atoms. The second-order valence-electron chi connectivity index (χ2n) is 5.35. The van der Waals surface area contributed by atoms with Gasteiger partial charge >= 0.3 is 12.1 Å². The maximum atomic E-state index is 11.4. The van der Waals surface area contributed by atoms with Crippen LogP contribution in [-0.2, 0) is 9.53 Å². The Bertz CT molecular complexity index is 321. The Hall–Kier alpha value is -1.56. The van der Waals surface area contributed by atoms with Crippen molar-refractivity contribution in [1.82, 2.24) is 5.32 Å². The fraction of sp³-hybridized carbons (Fsp3) is 0.750. The summed E-state index contributed by atoms with van der Waals surface area (Å²) in [6.45, 7) is 4.60. The third-order valence-corrected chi connectivity index (χ3v) is 3.31. The van der Waals surface area contributed by atoms with Gasteiger partial charge in [0.2, 0.25) is 0 Å². The first-order valence-corrected chi connectivity index (χ1v) is 8.07. The molecule has 128 valence electrons. The highest BCUT2D eigenvalue weighted by Crippen LogP contribution is 2.05. The van der Waals surface area contributed by atoms with Crippen LogP contribution >= 0.6 is 0 Å². The predicted octanol–water partition coefficient (Wildman–Crippen LogP) is 2.82. The zero-order chi connectivity index (χ0) is 16.6. The van der Waals surface area contributed by atoms with E-state index >= 15 is 0 Å². The van der Waals surface area contributed by atoms with Crippen LogP contribution in [0.15, 0.2) is 12.7 Å². The van der Waals surface area contributed by atoms with Crippen molar-refractivity contribution >= 4 is 12.1 Å². The van der Waals surface area contributed by atoms with Crippen LogP contribution in [0, 0.1) is 0 Å². The number of nitrogens with one attached hydrogen (secondary N) is 1. The van der Waals surface area contributed by atoms with Crippen molar-refractivity contribution in [3.8, 4) is 0 Å². The van der Waals surface area contributed by atoms with Gasteiger partial charge in [-0.3, -0.25) is 4.79 Å². The number of carbonyl (C=O) groups is 2. The van der Waals surface area contributed by atoms with Crippen molar-refractivity contribution in [3.05, 3.63) is 12.7 Å². The van der Waals surface area contributed by atoms with Crippen molar-refractivity contribution in [2.45, 2.75) is 63.8 Å². The highest BCUT2D eigenvalue weighted by Gasteiger charge is 2.10. The van der Waals surface area contributed by atoms with Crippen LogP contribution in [0.5, 0.6) is 0 Å². The van der Waals surface area contributed by atoms with Crippen LogP contribution in [0.1, 0.15) is 57.8 Å². The number of hydrogen-bond donors (Lipinski definition) is 3. The molecule has 0 aromatic carbocycles. The number of hydrogen-bond acceptors (Lipinski definition) is 4. The molecule has 0 spiro atoms. The maximum absolute atomic E-state index is 11.4. The number of amides is 1. The van der Waals surface area contributed by atoms with Gasteiger partial charge in [0, 0.05) is 6.54 Å². The van der Waals surface area contributed by atoms with Crippen molar-refractivity contribution < 1.29 is 19.4 Å². The Morgan fingerprint density at radius 1 is 1.14 bits per heavy atom. The van der Waals surface area contributed by atoms with Gasteiger partial charge in [-0.25, -0.2) is 4.79 Å². The molecule has 0 radical (unpaired) electrons. The highest BCUT2D eigenvalue weighted by molar-refractivity contribution is 5.72. The van der Waals surface area contributed by atoms with E-state index in [1.807, 2.05) is 6.08 Å².